The summed E-state index contributed by atoms with van der Waals surface area (Å²) in [6.45, 7) is 4.99. The first-order valence-electron chi connectivity index (χ1n) is 10.1. The van der Waals surface area contributed by atoms with Gasteiger partial charge in [0, 0.05) is 18.7 Å². The van der Waals surface area contributed by atoms with Crippen LogP contribution in [0.15, 0.2) is 83.8 Å². The molecule has 3 rings (SSSR count). The van der Waals surface area contributed by atoms with E-state index in [9.17, 15) is 13.2 Å². The molecule has 1 amide bonds. The normalized spacial score (nSPS) is 11.2. The Morgan fingerprint density at radius 3 is 2.16 bits per heavy atom. The summed E-state index contributed by atoms with van der Waals surface area (Å²) in [5.74, 6) is -0.200. The summed E-state index contributed by atoms with van der Waals surface area (Å²) >= 11 is 6.37. The van der Waals surface area contributed by atoms with Crippen molar-refractivity contribution in [1.82, 2.24) is 4.90 Å². The Kier molecular flexibility index (Phi) is 7.36. The Bertz CT molecular complexity index is 1150. The van der Waals surface area contributed by atoms with Gasteiger partial charge in [-0.15, -0.1) is 0 Å². The summed E-state index contributed by atoms with van der Waals surface area (Å²) in [5, 5.41) is 0.331. The molecule has 0 radical (unpaired) electrons. The summed E-state index contributed by atoms with van der Waals surface area (Å²) in [4.78, 5) is 14.5. The minimum Gasteiger partial charge on any atom is -0.339 e. The Hall–Kier alpha value is -2.83. The van der Waals surface area contributed by atoms with Crippen LogP contribution >= 0.6 is 11.6 Å². The third-order valence-electron chi connectivity index (χ3n) is 5.01. The van der Waals surface area contributed by atoms with E-state index >= 15 is 0 Å². The monoisotopic (exact) mass is 456 g/mol. The summed E-state index contributed by atoms with van der Waals surface area (Å²) in [6.07, 6.45) is 0. The van der Waals surface area contributed by atoms with Crippen LogP contribution < -0.4 is 4.31 Å². The molecular formula is C24H25ClN2O3S. The smallest absolute Gasteiger partial charge is 0.264 e. The topological polar surface area (TPSA) is 57.7 Å². The van der Waals surface area contributed by atoms with Crippen LogP contribution in [0.4, 0.5) is 5.69 Å². The van der Waals surface area contributed by atoms with Crippen molar-refractivity contribution in [3.63, 3.8) is 0 Å². The van der Waals surface area contributed by atoms with E-state index in [2.05, 4.69) is 0 Å². The fourth-order valence-corrected chi connectivity index (χ4v) is 5.12. The van der Waals surface area contributed by atoms with Crippen LogP contribution in [0.3, 0.4) is 0 Å². The van der Waals surface area contributed by atoms with Crippen LogP contribution in [0, 0.1) is 0 Å². The fraction of sp³-hybridized carbons (Fsp3) is 0.208. The number of halogens is 1. The van der Waals surface area contributed by atoms with Crippen LogP contribution in [0.1, 0.15) is 29.8 Å². The van der Waals surface area contributed by atoms with Gasteiger partial charge >= 0.3 is 0 Å². The van der Waals surface area contributed by atoms with Crippen LogP contribution in [0.5, 0.6) is 0 Å². The summed E-state index contributed by atoms with van der Waals surface area (Å²) in [5.41, 5.74) is 1.54. The highest BCUT2D eigenvalue weighted by atomic mass is 35.5. The van der Waals surface area contributed by atoms with Crippen LogP contribution in [-0.2, 0) is 16.6 Å². The molecule has 0 atom stereocenters. The van der Waals surface area contributed by atoms with Gasteiger partial charge in [0.2, 0.25) is 0 Å². The third-order valence-corrected chi connectivity index (χ3v) is 7.09. The first-order valence-corrected chi connectivity index (χ1v) is 11.9. The van der Waals surface area contributed by atoms with Gasteiger partial charge in [-0.2, -0.15) is 0 Å². The first-order chi connectivity index (χ1) is 14.9. The van der Waals surface area contributed by atoms with Crippen LogP contribution in [0.25, 0.3) is 0 Å². The molecule has 0 spiro atoms. The summed E-state index contributed by atoms with van der Waals surface area (Å²) < 4.78 is 28.7. The number of nitrogens with zero attached hydrogens (tertiary/aromatic N) is 2. The zero-order valence-corrected chi connectivity index (χ0v) is 19.1. The summed E-state index contributed by atoms with van der Waals surface area (Å²) in [7, 11) is -3.99. The zero-order chi connectivity index (χ0) is 22.4. The standard InChI is InChI=1S/C24H25ClN2O3S/c1-3-26(4-2)24(28)20-13-10-14-21(17-20)31(29,30)27(18-19-11-6-5-7-12-19)23-16-9-8-15-22(23)25/h5-17H,3-4,18H2,1-2H3. The van der Waals surface area contributed by atoms with Gasteiger partial charge in [0.1, 0.15) is 0 Å². The Morgan fingerprint density at radius 1 is 0.871 bits per heavy atom. The maximum atomic E-state index is 13.7. The van der Waals surface area contributed by atoms with Crippen LogP contribution in [-0.4, -0.2) is 32.3 Å². The molecule has 0 unspecified atom stereocenters. The zero-order valence-electron chi connectivity index (χ0n) is 17.5. The fourth-order valence-electron chi connectivity index (χ4n) is 3.31. The first kappa shape index (κ1) is 22.8. The van der Waals surface area contributed by atoms with Gasteiger partial charge in [-0.1, -0.05) is 60.1 Å². The van der Waals surface area contributed by atoms with Gasteiger partial charge < -0.3 is 4.90 Å². The van der Waals surface area contributed by atoms with Gasteiger partial charge in [0.15, 0.2) is 0 Å². The number of rotatable bonds is 8. The molecular weight excluding hydrogens is 432 g/mol. The lowest BCUT2D eigenvalue weighted by molar-refractivity contribution is 0.0772. The largest absolute Gasteiger partial charge is 0.339 e. The van der Waals surface area contributed by atoms with Crippen molar-refractivity contribution in [1.29, 1.82) is 0 Å². The number of para-hydroxylation sites is 1. The number of sulfonamides is 1. The molecule has 3 aromatic rings. The highest BCUT2D eigenvalue weighted by Crippen LogP contribution is 2.32. The lowest BCUT2D eigenvalue weighted by atomic mass is 10.2. The molecule has 0 N–H and O–H groups in total. The highest BCUT2D eigenvalue weighted by Gasteiger charge is 2.28. The molecule has 0 bridgehead atoms. The number of hydrogen-bond acceptors (Lipinski definition) is 3. The minimum atomic E-state index is -3.99. The molecule has 3 aromatic carbocycles. The van der Waals surface area contributed by atoms with E-state index in [0.29, 0.717) is 29.4 Å². The molecule has 0 saturated carbocycles. The quantitative estimate of drug-likeness (QED) is 0.467. The maximum Gasteiger partial charge on any atom is 0.264 e. The van der Waals surface area contributed by atoms with Gasteiger partial charge in [0.25, 0.3) is 15.9 Å². The predicted octanol–water partition coefficient (Wildman–Crippen LogP) is 5.22. The van der Waals surface area contributed by atoms with Crippen molar-refractivity contribution in [2.45, 2.75) is 25.3 Å². The van der Waals surface area contributed by atoms with E-state index in [4.69, 9.17) is 11.6 Å². The van der Waals surface area contributed by atoms with Gasteiger partial charge in [-0.3, -0.25) is 9.10 Å². The molecule has 0 aliphatic heterocycles. The lowest BCUT2D eigenvalue weighted by Gasteiger charge is -2.26. The maximum absolute atomic E-state index is 13.7. The molecule has 5 nitrogen and oxygen atoms in total. The molecule has 162 valence electrons. The molecule has 0 fully saturated rings. The van der Waals surface area contributed by atoms with Gasteiger partial charge in [-0.05, 0) is 49.7 Å². The van der Waals surface area contributed by atoms with E-state index in [1.54, 1.807) is 41.3 Å². The van der Waals surface area contributed by atoms with Crippen molar-refractivity contribution in [3.05, 3.63) is 95.0 Å². The van der Waals surface area contributed by atoms with Crippen molar-refractivity contribution >= 4 is 33.2 Å². The van der Waals surface area contributed by atoms with Crippen molar-refractivity contribution in [2.75, 3.05) is 17.4 Å². The number of carbonyl (C=O) groups is 1. The molecule has 0 aromatic heterocycles. The van der Waals surface area contributed by atoms with E-state index in [1.807, 2.05) is 44.2 Å². The Labute approximate surface area is 188 Å². The predicted molar refractivity (Wildman–Crippen MR) is 125 cm³/mol. The molecule has 0 saturated heterocycles. The SMILES string of the molecule is CCN(CC)C(=O)c1cccc(S(=O)(=O)N(Cc2ccccc2)c2ccccc2Cl)c1. The number of carbonyl (C=O) groups excluding carboxylic acids is 1. The third kappa shape index (κ3) is 5.09. The Morgan fingerprint density at radius 2 is 1.52 bits per heavy atom. The number of benzene rings is 3. The minimum absolute atomic E-state index is 0.0429. The summed E-state index contributed by atoms with van der Waals surface area (Å²) in [6, 6.07) is 22.3. The lowest BCUT2D eigenvalue weighted by Crippen LogP contribution is -2.32. The number of hydrogen-bond donors (Lipinski definition) is 0. The highest BCUT2D eigenvalue weighted by molar-refractivity contribution is 7.92. The Balaban J connectivity index is 2.08. The molecule has 7 heteroatoms. The van der Waals surface area contributed by atoms with E-state index in [0.717, 1.165) is 5.56 Å². The molecule has 0 aliphatic rings. The second-order valence-electron chi connectivity index (χ2n) is 6.95. The molecule has 31 heavy (non-hydrogen) atoms. The second kappa shape index (κ2) is 9.98. The number of anilines is 1. The second-order valence-corrected chi connectivity index (χ2v) is 9.22. The molecule has 0 heterocycles. The van der Waals surface area contributed by atoms with Gasteiger partial charge in [0.05, 0.1) is 22.2 Å². The van der Waals surface area contributed by atoms with E-state index in [-0.39, 0.29) is 17.3 Å². The van der Waals surface area contributed by atoms with E-state index in [1.165, 1.54) is 16.4 Å². The van der Waals surface area contributed by atoms with Crippen molar-refractivity contribution < 1.29 is 13.2 Å². The van der Waals surface area contributed by atoms with Gasteiger partial charge in [-0.25, -0.2) is 8.42 Å². The van der Waals surface area contributed by atoms with Crippen molar-refractivity contribution in [3.8, 4) is 0 Å². The average Bonchev–Trinajstić information content (AvgIpc) is 2.79. The molecule has 0 aliphatic carbocycles. The average molecular weight is 457 g/mol. The van der Waals surface area contributed by atoms with Crippen molar-refractivity contribution in [2.24, 2.45) is 0 Å². The van der Waals surface area contributed by atoms with Crippen LogP contribution in [0.2, 0.25) is 5.02 Å². The number of amides is 1. The van der Waals surface area contributed by atoms with E-state index < -0.39 is 10.0 Å².